The van der Waals surface area contributed by atoms with Crippen LogP contribution in [0.15, 0.2) is 0 Å². The van der Waals surface area contributed by atoms with Gasteiger partial charge >= 0.3 is 17.4 Å². The van der Waals surface area contributed by atoms with E-state index in [-0.39, 0.29) is 37.0 Å². The zero-order valence-electron chi connectivity index (χ0n) is 2.04. The molecule has 0 amide bonds. The van der Waals surface area contributed by atoms with Gasteiger partial charge in [-0.3, -0.25) is 0 Å². The molecule has 0 unspecified atom stereocenters. The van der Waals surface area contributed by atoms with Gasteiger partial charge < -0.3 is 19.6 Å². The summed E-state index contributed by atoms with van der Waals surface area (Å²) in [4.78, 5) is 0. The Morgan fingerprint density at radius 1 is 0.600 bits per heavy atom. The van der Waals surface area contributed by atoms with Crippen LogP contribution in [0.5, 0.6) is 0 Å². The number of hydrogen-bond donors (Lipinski definition) is 0. The summed E-state index contributed by atoms with van der Waals surface area (Å²) in [6.45, 7) is 0. The Morgan fingerprint density at radius 2 is 0.600 bits per heavy atom. The van der Waals surface area contributed by atoms with Crippen LogP contribution in [0.2, 0.25) is 0 Å². The van der Waals surface area contributed by atoms with E-state index in [0.29, 0.717) is 0 Å². The summed E-state index contributed by atoms with van der Waals surface area (Å²) in [5.41, 5.74) is 0. The molecular weight excluding hydrogens is 125 g/mol. The molecule has 2 N–H and O–H groups in total. The maximum atomic E-state index is 0. The molecule has 5 heavy (non-hydrogen) atoms. The van der Waals surface area contributed by atoms with Crippen molar-refractivity contribution in [2.45, 2.75) is 0 Å². The monoisotopic (exact) mass is 127 g/mol. The van der Waals surface area contributed by atoms with Gasteiger partial charge in [0.2, 0.25) is 0 Å². The molecule has 1 nitrogen and oxygen atoms in total. The summed E-state index contributed by atoms with van der Waals surface area (Å²) < 4.78 is 0. The quantitative estimate of drug-likeness (QED) is 0.309. The number of rotatable bonds is 0. The fourth-order valence-corrected chi connectivity index (χ4v) is 0. The summed E-state index contributed by atoms with van der Waals surface area (Å²) in [6, 6.07) is 0. The third-order valence-electron chi connectivity index (χ3n) is 0. The Morgan fingerprint density at radius 3 is 0.600 bits per heavy atom. The first-order chi connectivity index (χ1) is 0. The predicted octanol–water partition coefficient (Wildman–Crippen LogP) is -9.82. The summed E-state index contributed by atoms with van der Waals surface area (Å²) >= 11 is 0. The van der Waals surface area contributed by atoms with Gasteiger partial charge in [-0.05, 0) is 0 Å². The molecule has 0 bridgehead atoms. The second-order valence-corrected chi connectivity index (χ2v) is 0. The van der Waals surface area contributed by atoms with Crippen molar-refractivity contribution in [1.82, 2.24) is 0 Å². The van der Waals surface area contributed by atoms with E-state index >= 15 is 0 Å². The summed E-state index contributed by atoms with van der Waals surface area (Å²) in [5.74, 6) is 0. The van der Waals surface area contributed by atoms with Crippen molar-refractivity contribution in [3.05, 3.63) is 0 Å². The second-order valence-electron chi connectivity index (χ2n) is 0. The van der Waals surface area contributed by atoms with Gasteiger partial charge in [0.25, 0.3) is 0 Å². The molecule has 5 heteroatoms. The largest absolute Gasteiger partial charge is 2.00 e. The Hall–Kier alpha value is 0.282. The minimum Gasteiger partial charge on any atom is -1.00 e. The van der Waals surface area contributed by atoms with Crippen LogP contribution in [-0.2, 0) is 17.4 Å². The van der Waals surface area contributed by atoms with Crippen LogP contribution in [0, 0.1) is 0 Å². The molecule has 0 saturated heterocycles. The van der Waals surface area contributed by atoms with E-state index in [1.54, 1.807) is 0 Å². The van der Waals surface area contributed by atoms with Crippen molar-refractivity contribution in [2.75, 3.05) is 0 Å². The van der Waals surface area contributed by atoms with E-state index in [4.69, 9.17) is 0 Å². The Kier molecular flexibility index (Phi) is 140000. The first-order valence-electron chi connectivity index (χ1n) is 0. The third-order valence-corrected chi connectivity index (χ3v) is 0. The molecule has 0 aromatic heterocycles. The summed E-state index contributed by atoms with van der Waals surface area (Å²) in [6.07, 6.45) is 0. The number of hydrogen-bond acceptors (Lipinski definition) is 0. The first kappa shape index (κ1) is 1210. The van der Waals surface area contributed by atoms with Crippen LogP contribution < -0.4 is 14.1 Å². The van der Waals surface area contributed by atoms with Gasteiger partial charge in [0.1, 0.15) is 0 Å². The third kappa shape index (κ3) is 280. The molecule has 0 heterocycles. The van der Waals surface area contributed by atoms with Crippen molar-refractivity contribution >= 4 is 0 Å². The zero-order chi connectivity index (χ0) is 0. The first-order valence-corrected chi connectivity index (χ1v) is 0. The maximum absolute atomic E-state index is 0. The fraction of sp³-hybridized carbons (Fsp3) is 0. The van der Waals surface area contributed by atoms with E-state index in [9.17, 15) is 0 Å². The molecule has 0 saturated carbocycles. The maximum Gasteiger partial charge on any atom is 2.00 e. The topological polar surface area (TPSA) is 31.5 Å². The van der Waals surface area contributed by atoms with Crippen molar-refractivity contribution in [2.24, 2.45) is 0 Å². The Labute approximate surface area is 37.9 Å². The van der Waals surface area contributed by atoms with Crippen LogP contribution in [0.25, 0.3) is 0 Å². The van der Waals surface area contributed by atoms with E-state index < -0.39 is 0 Å². The predicted molar refractivity (Wildman–Crippen MR) is 3.61 cm³/mol. The van der Waals surface area contributed by atoms with Crippen LogP contribution in [-0.4, -0.2) is 5.48 Å². The molecule has 0 aliphatic rings. The van der Waals surface area contributed by atoms with Gasteiger partial charge in [0, 0.05) is 0 Å². The molecule has 0 aromatic rings. The molecule has 0 rings (SSSR count). The van der Waals surface area contributed by atoms with E-state index in [2.05, 4.69) is 0 Å². The summed E-state index contributed by atoms with van der Waals surface area (Å²) in [5, 5.41) is 0. The molecule has 0 spiro atoms. The van der Waals surface area contributed by atoms with E-state index in [1.165, 1.54) is 0 Å². The van der Waals surface area contributed by atoms with Crippen LogP contribution in [0.1, 0.15) is 0 Å². The Bertz CT molecular complexity index is 6.85. The molecule has 0 fully saturated rings. The van der Waals surface area contributed by atoms with Crippen LogP contribution in [0.4, 0.5) is 0 Å². The molecular formula is H2CrF3O-. The standard InChI is InChI=1S/Cr.3FH.H2O/h;3*1H;1H2/q+2;;;;/p-3. The molecule has 0 aromatic carbocycles. The SMILES string of the molecule is O.[Cr+2].[F-].[F-].[F-]. The van der Waals surface area contributed by atoms with Gasteiger partial charge in [0.15, 0.2) is 0 Å². The van der Waals surface area contributed by atoms with E-state index in [0.717, 1.165) is 0 Å². The summed E-state index contributed by atoms with van der Waals surface area (Å²) in [7, 11) is 0. The van der Waals surface area contributed by atoms with Gasteiger partial charge in [0.05, 0.1) is 0 Å². The minimum absolute atomic E-state index is 0. The van der Waals surface area contributed by atoms with Crippen LogP contribution in [0.3, 0.4) is 0 Å². The molecule has 36 valence electrons. The number of halogens is 3. The second kappa shape index (κ2) is 578. The fourth-order valence-electron chi connectivity index (χ4n) is 0. The van der Waals surface area contributed by atoms with Gasteiger partial charge in [-0.25, -0.2) is 0 Å². The van der Waals surface area contributed by atoms with Crippen molar-refractivity contribution < 1.29 is 37.0 Å². The average Bonchev–Trinajstić information content (AvgIpc) is 0. The van der Waals surface area contributed by atoms with Gasteiger partial charge in [-0.1, -0.05) is 0 Å². The van der Waals surface area contributed by atoms with Crippen molar-refractivity contribution in [1.29, 1.82) is 0 Å². The molecule has 0 atom stereocenters. The zero-order valence-corrected chi connectivity index (χ0v) is 3.32. The average molecular weight is 127 g/mol. The Balaban J connectivity index is 0. The van der Waals surface area contributed by atoms with Crippen LogP contribution >= 0.6 is 0 Å². The van der Waals surface area contributed by atoms with E-state index in [1.807, 2.05) is 0 Å². The van der Waals surface area contributed by atoms with Gasteiger partial charge in [-0.2, -0.15) is 0 Å². The minimum atomic E-state index is 0. The van der Waals surface area contributed by atoms with Gasteiger partial charge in [-0.15, -0.1) is 0 Å². The van der Waals surface area contributed by atoms with Crippen molar-refractivity contribution in [3.63, 3.8) is 0 Å². The molecule has 0 radical (unpaired) electrons. The smallest absolute Gasteiger partial charge is 1.00 e. The molecule has 0 aliphatic heterocycles. The van der Waals surface area contributed by atoms with Crippen molar-refractivity contribution in [3.8, 4) is 0 Å². The molecule has 0 aliphatic carbocycles. The normalized spacial score (nSPS) is 0.